The summed E-state index contributed by atoms with van der Waals surface area (Å²) in [5.41, 5.74) is 0.832. The van der Waals surface area contributed by atoms with Crippen LogP contribution in [-0.4, -0.2) is 38.4 Å². The van der Waals surface area contributed by atoms with Crippen LogP contribution in [0.5, 0.6) is 23.0 Å². The van der Waals surface area contributed by atoms with Crippen LogP contribution < -0.4 is 24.5 Å². The molecule has 0 saturated carbocycles. The number of benzene rings is 2. The fourth-order valence-electron chi connectivity index (χ4n) is 2.71. The van der Waals surface area contributed by atoms with Crippen LogP contribution in [0.4, 0.5) is 0 Å². The normalized spacial score (nSPS) is 11.4. The molecule has 1 N–H and O–H groups in total. The van der Waals surface area contributed by atoms with Gasteiger partial charge in [-0.15, -0.1) is 0 Å². The summed E-state index contributed by atoms with van der Waals surface area (Å²) in [5.74, 6) is 2.38. The minimum atomic E-state index is -0.337. The maximum absolute atomic E-state index is 12.5. The Morgan fingerprint density at radius 3 is 2.11 bits per heavy atom. The zero-order chi connectivity index (χ0) is 20.3. The van der Waals surface area contributed by atoms with E-state index in [0.29, 0.717) is 33.9 Å². The molecule has 7 nitrogen and oxygen atoms in total. The number of hydrogen-bond acceptors (Lipinski definition) is 6. The van der Waals surface area contributed by atoms with E-state index in [1.165, 1.54) is 14.2 Å². The number of fused-ring (bicyclic) bond motifs is 1. The van der Waals surface area contributed by atoms with Crippen molar-refractivity contribution in [2.75, 3.05) is 28.4 Å². The van der Waals surface area contributed by atoms with Crippen molar-refractivity contribution in [3.63, 3.8) is 0 Å². The summed E-state index contributed by atoms with van der Waals surface area (Å²) in [7, 11) is 6.14. The van der Waals surface area contributed by atoms with Crippen molar-refractivity contribution in [2.45, 2.75) is 0 Å². The van der Waals surface area contributed by atoms with E-state index in [-0.39, 0.29) is 16.4 Å². The fraction of sp³-hybridized carbons (Fsp3) is 0.200. The molecule has 2 aromatic carbocycles. The van der Waals surface area contributed by atoms with Crippen LogP contribution in [-0.2, 0) is 0 Å². The molecule has 1 heterocycles. The largest absolute Gasteiger partial charge is 0.497 e. The summed E-state index contributed by atoms with van der Waals surface area (Å²) in [6.07, 6.45) is 1.66. The summed E-state index contributed by atoms with van der Waals surface area (Å²) < 4.78 is 21.0. The first-order valence-corrected chi connectivity index (χ1v) is 8.63. The Balaban J connectivity index is 2.10. The van der Waals surface area contributed by atoms with Gasteiger partial charge in [-0.2, -0.15) is 0 Å². The van der Waals surface area contributed by atoms with Crippen LogP contribution in [0.15, 0.2) is 35.1 Å². The summed E-state index contributed by atoms with van der Waals surface area (Å²) in [6.45, 7) is 0. The van der Waals surface area contributed by atoms with Crippen molar-refractivity contribution in [1.82, 2.24) is 9.97 Å². The predicted molar refractivity (Wildman–Crippen MR) is 109 cm³/mol. The van der Waals surface area contributed by atoms with Crippen LogP contribution in [0.1, 0.15) is 11.4 Å². The second-order valence-electron chi connectivity index (χ2n) is 5.78. The molecule has 0 aliphatic heterocycles. The molecule has 0 radical (unpaired) electrons. The van der Waals surface area contributed by atoms with Crippen LogP contribution in [0.2, 0.25) is 0 Å². The van der Waals surface area contributed by atoms with E-state index in [1.807, 2.05) is 0 Å². The molecule has 1 aromatic heterocycles. The van der Waals surface area contributed by atoms with E-state index < -0.39 is 0 Å². The van der Waals surface area contributed by atoms with Gasteiger partial charge >= 0.3 is 0 Å². The van der Waals surface area contributed by atoms with Gasteiger partial charge in [0, 0.05) is 12.1 Å². The minimum absolute atomic E-state index is 0.230. The number of nitrogens with zero attached hydrogens (tertiary/aromatic N) is 1. The smallest absolute Gasteiger partial charge is 0.259 e. The number of H-pyrrole nitrogens is 1. The van der Waals surface area contributed by atoms with Gasteiger partial charge in [-0.05, 0) is 29.8 Å². The number of rotatable bonds is 6. The van der Waals surface area contributed by atoms with Crippen LogP contribution in [0.3, 0.4) is 0 Å². The van der Waals surface area contributed by atoms with Gasteiger partial charge < -0.3 is 23.9 Å². The second kappa shape index (κ2) is 8.22. The predicted octanol–water partition coefficient (Wildman–Crippen LogP) is 3.69. The molecule has 0 fully saturated rings. The molecular formula is C20H19ClN2O5. The zero-order valence-corrected chi connectivity index (χ0v) is 16.6. The Morgan fingerprint density at radius 1 is 0.929 bits per heavy atom. The molecule has 3 aromatic rings. The number of halogens is 1. The summed E-state index contributed by atoms with van der Waals surface area (Å²) >= 11 is 6.43. The lowest BCUT2D eigenvalue weighted by molar-refractivity contribution is 0.355. The van der Waals surface area contributed by atoms with Gasteiger partial charge in [0.05, 0.1) is 44.4 Å². The summed E-state index contributed by atoms with van der Waals surface area (Å²) in [6, 6.07) is 8.54. The topological polar surface area (TPSA) is 82.7 Å². The first kappa shape index (κ1) is 19.6. The van der Waals surface area contributed by atoms with Gasteiger partial charge in [0.25, 0.3) is 5.56 Å². The third-order valence-corrected chi connectivity index (χ3v) is 4.39. The van der Waals surface area contributed by atoms with Crippen LogP contribution >= 0.6 is 11.6 Å². The summed E-state index contributed by atoms with van der Waals surface area (Å²) in [4.78, 5) is 19.6. The maximum Gasteiger partial charge on any atom is 0.259 e. The maximum atomic E-state index is 12.5. The Kier molecular flexibility index (Phi) is 5.75. The Hall–Kier alpha value is -3.19. The molecule has 8 heteroatoms. The van der Waals surface area contributed by atoms with Crippen molar-refractivity contribution < 1.29 is 18.9 Å². The first-order chi connectivity index (χ1) is 13.5. The van der Waals surface area contributed by atoms with E-state index in [2.05, 4.69) is 9.97 Å². The Bertz CT molecular complexity index is 1090. The molecule has 146 valence electrons. The highest BCUT2D eigenvalue weighted by Crippen LogP contribution is 2.31. The van der Waals surface area contributed by atoms with Crippen LogP contribution in [0, 0.1) is 0 Å². The van der Waals surface area contributed by atoms with Gasteiger partial charge in [0.2, 0.25) is 0 Å². The molecular weight excluding hydrogens is 384 g/mol. The van der Waals surface area contributed by atoms with Crippen LogP contribution in [0.25, 0.3) is 22.0 Å². The highest BCUT2D eigenvalue weighted by Gasteiger charge is 2.12. The number of ether oxygens (including phenoxy) is 4. The van der Waals surface area contributed by atoms with E-state index >= 15 is 0 Å². The molecule has 28 heavy (non-hydrogen) atoms. The molecule has 0 bridgehead atoms. The highest BCUT2D eigenvalue weighted by atomic mass is 35.5. The monoisotopic (exact) mass is 402 g/mol. The molecule has 0 unspecified atom stereocenters. The molecule has 0 aliphatic carbocycles. The molecule has 0 saturated heterocycles. The Morgan fingerprint density at radius 2 is 1.54 bits per heavy atom. The first-order valence-electron chi connectivity index (χ1n) is 8.25. The number of methoxy groups -OCH3 is 4. The lowest BCUT2D eigenvalue weighted by Crippen LogP contribution is -2.11. The quantitative estimate of drug-likeness (QED) is 0.677. The number of aromatic amines is 1. The lowest BCUT2D eigenvalue weighted by Gasteiger charge is -2.09. The van der Waals surface area contributed by atoms with Gasteiger partial charge in [-0.3, -0.25) is 4.79 Å². The average molecular weight is 403 g/mol. The SMILES string of the molecule is COc1cc(C=C(Cl)c2nc3cc(OC)c(OC)cc3c(=O)[nH]2)cc(OC)c1. The van der Waals surface area contributed by atoms with E-state index in [4.69, 9.17) is 30.5 Å². The molecule has 0 amide bonds. The molecule has 0 spiro atoms. The van der Waals surface area contributed by atoms with Gasteiger partial charge in [0.1, 0.15) is 11.5 Å². The fourth-order valence-corrected chi connectivity index (χ4v) is 2.92. The van der Waals surface area contributed by atoms with Crippen molar-refractivity contribution >= 4 is 33.6 Å². The number of nitrogens with one attached hydrogen (secondary N) is 1. The third-order valence-electron chi connectivity index (χ3n) is 4.10. The second-order valence-corrected chi connectivity index (χ2v) is 6.18. The van der Waals surface area contributed by atoms with Gasteiger partial charge in [-0.25, -0.2) is 4.98 Å². The van der Waals surface area contributed by atoms with E-state index in [9.17, 15) is 4.79 Å². The summed E-state index contributed by atoms with van der Waals surface area (Å²) in [5, 5.41) is 0.623. The molecule has 0 aliphatic rings. The van der Waals surface area contributed by atoms with Crippen molar-refractivity contribution in [3.05, 3.63) is 52.1 Å². The highest BCUT2D eigenvalue weighted by molar-refractivity contribution is 6.50. The minimum Gasteiger partial charge on any atom is -0.497 e. The molecule has 3 rings (SSSR count). The third kappa shape index (κ3) is 3.89. The average Bonchev–Trinajstić information content (AvgIpc) is 2.72. The lowest BCUT2D eigenvalue weighted by atomic mass is 10.1. The van der Waals surface area contributed by atoms with Crippen molar-refractivity contribution in [2.24, 2.45) is 0 Å². The van der Waals surface area contributed by atoms with E-state index in [0.717, 1.165) is 5.56 Å². The number of aromatic nitrogens is 2. The number of hydrogen-bond donors (Lipinski definition) is 1. The van der Waals surface area contributed by atoms with Gasteiger partial charge in [0.15, 0.2) is 17.3 Å². The van der Waals surface area contributed by atoms with E-state index in [1.54, 1.807) is 50.6 Å². The Labute approximate surface area is 166 Å². The van der Waals surface area contributed by atoms with Crippen molar-refractivity contribution in [1.29, 1.82) is 0 Å². The zero-order valence-electron chi connectivity index (χ0n) is 15.8. The van der Waals surface area contributed by atoms with Crippen molar-refractivity contribution in [3.8, 4) is 23.0 Å². The van der Waals surface area contributed by atoms with Gasteiger partial charge in [-0.1, -0.05) is 11.6 Å². The molecule has 0 atom stereocenters. The standard InChI is InChI=1S/C20H19ClN2O5/c1-25-12-5-11(6-13(8-12)26-2)7-15(21)19-22-16-10-18(28-4)17(27-3)9-14(16)20(24)23-19/h5-10H,1-4H3,(H,22,23,24).